The summed E-state index contributed by atoms with van der Waals surface area (Å²) in [5.74, 6) is 0. The molecule has 1 aliphatic carbocycles. The fraction of sp³-hybridized carbons (Fsp3) is 0.882. The molecule has 0 amide bonds. The lowest BCUT2D eigenvalue weighted by atomic mass is 9.82. The van der Waals surface area contributed by atoms with Crippen LogP contribution in [-0.4, -0.2) is 37.1 Å². The Morgan fingerprint density at radius 3 is 2.37 bits per heavy atom. The third kappa shape index (κ3) is 4.92. The summed E-state index contributed by atoms with van der Waals surface area (Å²) in [5.41, 5.74) is 2.38. The zero-order valence-electron chi connectivity index (χ0n) is 13.6. The Balaban J connectivity index is 1.79. The van der Waals surface area contributed by atoms with Gasteiger partial charge in [0.2, 0.25) is 0 Å². The van der Waals surface area contributed by atoms with E-state index >= 15 is 0 Å². The molecule has 0 aromatic carbocycles. The summed E-state index contributed by atoms with van der Waals surface area (Å²) in [6, 6.07) is 0.827. The average Bonchev–Trinajstić information content (AvgIpc) is 3.09. The van der Waals surface area contributed by atoms with Crippen LogP contribution in [0.5, 0.6) is 0 Å². The number of nitrogens with one attached hydrogen (secondary N) is 1. The number of rotatable bonds is 5. The normalized spacial score (nSPS) is 22.5. The van der Waals surface area contributed by atoms with E-state index in [0.29, 0.717) is 10.8 Å². The first-order valence-electron chi connectivity index (χ1n) is 7.91. The van der Waals surface area contributed by atoms with E-state index in [0.717, 1.165) is 19.1 Å². The van der Waals surface area contributed by atoms with Crippen molar-refractivity contribution < 1.29 is 0 Å². The standard InChI is InChI=1S/C17H32N2/c1-16(2,3)14-8-10-19(11-9-14)13-17(4,5)12-18-15-6-7-15/h8,15,18H,6-7,9-13H2,1-5H3. The first-order chi connectivity index (χ1) is 8.76. The minimum atomic E-state index is 0.356. The van der Waals surface area contributed by atoms with Crippen LogP contribution < -0.4 is 5.32 Å². The molecule has 110 valence electrons. The van der Waals surface area contributed by atoms with E-state index in [1.165, 1.54) is 32.4 Å². The maximum absolute atomic E-state index is 3.68. The Labute approximate surface area is 119 Å². The zero-order chi connectivity index (χ0) is 14.1. The van der Waals surface area contributed by atoms with Crippen molar-refractivity contribution in [2.45, 2.75) is 59.9 Å². The molecule has 0 aromatic rings. The van der Waals surface area contributed by atoms with Crippen LogP contribution in [0.25, 0.3) is 0 Å². The van der Waals surface area contributed by atoms with Crippen molar-refractivity contribution >= 4 is 0 Å². The van der Waals surface area contributed by atoms with Crippen molar-refractivity contribution in [3.63, 3.8) is 0 Å². The molecule has 2 rings (SSSR count). The van der Waals surface area contributed by atoms with Crippen LogP contribution in [0.3, 0.4) is 0 Å². The highest BCUT2D eigenvalue weighted by atomic mass is 15.1. The van der Waals surface area contributed by atoms with Gasteiger partial charge in [-0.2, -0.15) is 0 Å². The monoisotopic (exact) mass is 264 g/mol. The fourth-order valence-corrected chi connectivity index (χ4v) is 2.91. The third-order valence-electron chi connectivity index (χ3n) is 4.35. The summed E-state index contributed by atoms with van der Waals surface area (Å²) in [6.07, 6.45) is 6.48. The van der Waals surface area contributed by atoms with E-state index in [4.69, 9.17) is 0 Å². The molecule has 2 heteroatoms. The second-order valence-electron chi connectivity index (χ2n) is 8.28. The summed E-state index contributed by atoms with van der Waals surface area (Å²) in [6.45, 7) is 16.5. The molecule has 1 aliphatic heterocycles. The predicted octanol–water partition coefficient (Wildman–Crippen LogP) is 3.44. The van der Waals surface area contributed by atoms with Crippen molar-refractivity contribution in [2.24, 2.45) is 10.8 Å². The van der Waals surface area contributed by atoms with Crippen molar-refractivity contribution in [1.29, 1.82) is 0 Å². The molecule has 0 aromatic heterocycles. The van der Waals surface area contributed by atoms with E-state index in [-0.39, 0.29) is 0 Å². The van der Waals surface area contributed by atoms with Crippen LogP contribution >= 0.6 is 0 Å². The van der Waals surface area contributed by atoms with Crippen molar-refractivity contribution in [3.8, 4) is 0 Å². The summed E-state index contributed by atoms with van der Waals surface area (Å²) < 4.78 is 0. The van der Waals surface area contributed by atoms with Gasteiger partial charge in [0, 0.05) is 32.2 Å². The van der Waals surface area contributed by atoms with Gasteiger partial charge in [0.1, 0.15) is 0 Å². The predicted molar refractivity (Wildman–Crippen MR) is 83.4 cm³/mol. The van der Waals surface area contributed by atoms with Gasteiger partial charge in [0.25, 0.3) is 0 Å². The number of hydrogen-bond donors (Lipinski definition) is 1. The third-order valence-corrected chi connectivity index (χ3v) is 4.35. The molecule has 2 aliphatic rings. The van der Waals surface area contributed by atoms with Gasteiger partial charge in [-0.3, -0.25) is 4.90 Å². The lowest BCUT2D eigenvalue weighted by molar-refractivity contribution is 0.179. The van der Waals surface area contributed by atoms with Gasteiger partial charge in [-0.1, -0.05) is 46.3 Å². The maximum atomic E-state index is 3.68. The SMILES string of the molecule is CC(C)(CNC1CC1)CN1CC=C(C(C)(C)C)CC1. The fourth-order valence-electron chi connectivity index (χ4n) is 2.91. The largest absolute Gasteiger partial charge is 0.313 e. The molecular weight excluding hydrogens is 232 g/mol. The summed E-state index contributed by atoms with van der Waals surface area (Å²) in [4.78, 5) is 2.61. The first kappa shape index (κ1) is 15.1. The molecule has 0 radical (unpaired) electrons. The smallest absolute Gasteiger partial charge is 0.0166 e. The van der Waals surface area contributed by atoms with Crippen molar-refractivity contribution in [1.82, 2.24) is 10.2 Å². The van der Waals surface area contributed by atoms with E-state index in [1.54, 1.807) is 5.57 Å². The highest BCUT2D eigenvalue weighted by Gasteiger charge is 2.28. The van der Waals surface area contributed by atoms with Crippen LogP contribution in [0, 0.1) is 10.8 Å². The molecule has 0 atom stereocenters. The molecule has 1 N–H and O–H groups in total. The zero-order valence-corrected chi connectivity index (χ0v) is 13.6. The van der Waals surface area contributed by atoms with Gasteiger partial charge < -0.3 is 5.32 Å². The lowest BCUT2D eigenvalue weighted by Gasteiger charge is -2.37. The molecule has 1 fully saturated rings. The Morgan fingerprint density at radius 1 is 1.21 bits per heavy atom. The summed E-state index contributed by atoms with van der Waals surface area (Å²) in [5, 5.41) is 3.68. The lowest BCUT2D eigenvalue weighted by Crippen LogP contribution is -2.43. The quantitative estimate of drug-likeness (QED) is 0.765. The van der Waals surface area contributed by atoms with Crippen LogP contribution in [0.4, 0.5) is 0 Å². The van der Waals surface area contributed by atoms with Crippen LogP contribution in [0.2, 0.25) is 0 Å². The number of nitrogens with zero attached hydrogens (tertiary/aromatic N) is 1. The van der Waals surface area contributed by atoms with Gasteiger partial charge in [0.15, 0.2) is 0 Å². The molecule has 0 spiro atoms. The first-order valence-corrected chi connectivity index (χ1v) is 7.91. The van der Waals surface area contributed by atoms with Crippen LogP contribution in [-0.2, 0) is 0 Å². The molecule has 0 bridgehead atoms. The van der Waals surface area contributed by atoms with Gasteiger partial charge in [-0.25, -0.2) is 0 Å². The van der Waals surface area contributed by atoms with E-state index in [2.05, 4.69) is 50.9 Å². The molecule has 19 heavy (non-hydrogen) atoms. The topological polar surface area (TPSA) is 15.3 Å². The average molecular weight is 264 g/mol. The van der Waals surface area contributed by atoms with Crippen LogP contribution in [0.15, 0.2) is 11.6 Å². The minimum absolute atomic E-state index is 0.356. The highest BCUT2D eigenvalue weighted by molar-refractivity contribution is 5.14. The second kappa shape index (κ2) is 5.57. The molecule has 1 saturated carbocycles. The van der Waals surface area contributed by atoms with Crippen LogP contribution in [0.1, 0.15) is 53.9 Å². The van der Waals surface area contributed by atoms with Gasteiger partial charge in [0.05, 0.1) is 0 Å². The molecule has 2 nitrogen and oxygen atoms in total. The Kier molecular flexibility index (Phi) is 4.42. The highest BCUT2D eigenvalue weighted by Crippen LogP contribution is 2.31. The van der Waals surface area contributed by atoms with E-state index < -0.39 is 0 Å². The molecule has 1 heterocycles. The minimum Gasteiger partial charge on any atom is -0.313 e. The Bertz CT molecular complexity index is 332. The molecular formula is C17H32N2. The number of hydrogen-bond acceptors (Lipinski definition) is 2. The second-order valence-corrected chi connectivity index (χ2v) is 8.28. The Hall–Kier alpha value is -0.340. The summed E-state index contributed by atoms with van der Waals surface area (Å²) in [7, 11) is 0. The van der Waals surface area contributed by atoms with Crippen molar-refractivity contribution in [3.05, 3.63) is 11.6 Å². The molecule has 0 unspecified atom stereocenters. The van der Waals surface area contributed by atoms with Gasteiger partial charge >= 0.3 is 0 Å². The van der Waals surface area contributed by atoms with Gasteiger partial charge in [-0.15, -0.1) is 0 Å². The van der Waals surface area contributed by atoms with Crippen molar-refractivity contribution in [2.75, 3.05) is 26.2 Å². The van der Waals surface area contributed by atoms with E-state index in [9.17, 15) is 0 Å². The summed E-state index contributed by atoms with van der Waals surface area (Å²) >= 11 is 0. The van der Waals surface area contributed by atoms with Gasteiger partial charge in [-0.05, 0) is 30.1 Å². The molecule has 0 saturated heterocycles. The maximum Gasteiger partial charge on any atom is 0.0166 e. The van der Waals surface area contributed by atoms with E-state index in [1.807, 2.05) is 0 Å². The Morgan fingerprint density at radius 2 is 1.89 bits per heavy atom.